The van der Waals surface area contributed by atoms with Crippen molar-refractivity contribution in [2.24, 2.45) is 0 Å². The summed E-state index contributed by atoms with van der Waals surface area (Å²) in [4.78, 5) is 25.5. The number of nitrogens with one attached hydrogen (secondary N) is 1. The van der Waals surface area contributed by atoms with Gasteiger partial charge in [0, 0.05) is 18.5 Å². The van der Waals surface area contributed by atoms with Crippen LogP contribution in [-0.2, 0) is 16.1 Å². The van der Waals surface area contributed by atoms with E-state index in [0.29, 0.717) is 23.0 Å². The lowest BCUT2D eigenvalue weighted by molar-refractivity contribution is -0.133. The molecule has 0 aliphatic carbocycles. The van der Waals surface area contributed by atoms with E-state index in [4.69, 9.17) is 16.3 Å². The van der Waals surface area contributed by atoms with Crippen molar-refractivity contribution in [1.82, 2.24) is 4.90 Å². The fourth-order valence-electron chi connectivity index (χ4n) is 2.20. The molecule has 0 radical (unpaired) electrons. The molecule has 1 N–H and O–H groups in total. The average Bonchev–Trinajstić information content (AvgIpc) is 2.56. The van der Waals surface area contributed by atoms with Crippen molar-refractivity contribution in [3.63, 3.8) is 0 Å². The second-order valence-electron chi connectivity index (χ2n) is 5.25. The molecule has 24 heavy (non-hydrogen) atoms. The number of hydrogen-bond donors (Lipinski definition) is 1. The number of carbonyl (C=O) groups excluding carboxylic acids is 2. The molecule has 0 saturated heterocycles. The topological polar surface area (TPSA) is 58.6 Å². The molecule has 0 spiro atoms. The lowest BCUT2D eigenvalue weighted by atomic mass is 10.2. The Kier molecular flexibility index (Phi) is 6.21. The average molecular weight is 347 g/mol. The van der Waals surface area contributed by atoms with Crippen LogP contribution < -0.4 is 10.1 Å². The zero-order valence-corrected chi connectivity index (χ0v) is 14.3. The Morgan fingerprint density at radius 1 is 1.12 bits per heavy atom. The molecule has 0 aromatic heterocycles. The van der Waals surface area contributed by atoms with Gasteiger partial charge in [-0.25, -0.2) is 0 Å². The van der Waals surface area contributed by atoms with Gasteiger partial charge in [-0.2, -0.15) is 0 Å². The summed E-state index contributed by atoms with van der Waals surface area (Å²) in [5, 5.41) is 3.39. The molecule has 2 aromatic rings. The monoisotopic (exact) mass is 346 g/mol. The first-order chi connectivity index (χ1) is 11.5. The van der Waals surface area contributed by atoms with Crippen LogP contribution in [0.1, 0.15) is 12.5 Å². The van der Waals surface area contributed by atoms with Crippen LogP contribution >= 0.6 is 11.6 Å². The highest BCUT2D eigenvalue weighted by atomic mass is 35.5. The summed E-state index contributed by atoms with van der Waals surface area (Å²) >= 11 is 5.86. The van der Waals surface area contributed by atoms with E-state index < -0.39 is 0 Å². The van der Waals surface area contributed by atoms with Gasteiger partial charge in [0.15, 0.2) is 0 Å². The van der Waals surface area contributed by atoms with Gasteiger partial charge in [-0.3, -0.25) is 9.59 Å². The Morgan fingerprint density at radius 2 is 1.79 bits per heavy atom. The van der Waals surface area contributed by atoms with Crippen LogP contribution in [0.2, 0.25) is 5.02 Å². The van der Waals surface area contributed by atoms with Crippen molar-refractivity contribution in [2.45, 2.75) is 13.5 Å². The van der Waals surface area contributed by atoms with Crippen LogP contribution in [0.15, 0.2) is 48.5 Å². The van der Waals surface area contributed by atoms with Gasteiger partial charge in [-0.1, -0.05) is 35.9 Å². The lowest BCUT2D eigenvalue weighted by Gasteiger charge is -2.21. The highest BCUT2D eigenvalue weighted by Crippen LogP contribution is 2.23. The van der Waals surface area contributed by atoms with E-state index in [2.05, 4.69) is 5.32 Å². The normalized spacial score (nSPS) is 10.1. The van der Waals surface area contributed by atoms with Crippen LogP contribution in [0.5, 0.6) is 5.75 Å². The first-order valence-electron chi connectivity index (χ1n) is 7.42. The molecule has 126 valence electrons. The van der Waals surface area contributed by atoms with Crippen LogP contribution in [0, 0.1) is 0 Å². The Morgan fingerprint density at radius 3 is 2.42 bits per heavy atom. The second kappa shape index (κ2) is 8.36. The van der Waals surface area contributed by atoms with E-state index in [-0.39, 0.29) is 18.4 Å². The largest absolute Gasteiger partial charge is 0.495 e. The number of halogens is 1. The van der Waals surface area contributed by atoms with Gasteiger partial charge < -0.3 is 15.0 Å². The second-order valence-corrected chi connectivity index (χ2v) is 5.69. The van der Waals surface area contributed by atoms with Gasteiger partial charge in [-0.15, -0.1) is 0 Å². The number of para-hydroxylation sites is 2. The SMILES string of the molecule is COc1ccccc1NC(=O)CN(Cc1ccc(Cl)cc1)C(C)=O. The van der Waals surface area contributed by atoms with Crippen molar-refractivity contribution in [1.29, 1.82) is 0 Å². The maximum Gasteiger partial charge on any atom is 0.244 e. The standard InChI is InChI=1S/C18H19ClN2O3/c1-13(22)21(11-14-7-9-15(19)10-8-14)12-18(23)20-16-5-3-4-6-17(16)24-2/h3-10H,11-12H2,1-2H3,(H,20,23). The third-order valence-electron chi connectivity index (χ3n) is 3.45. The number of methoxy groups -OCH3 is 1. The number of ether oxygens (including phenoxy) is 1. The van der Waals surface area contributed by atoms with Crippen LogP contribution in [0.25, 0.3) is 0 Å². The minimum absolute atomic E-state index is 0.0456. The highest BCUT2D eigenvalue weighted by Gasteiger charge is 2.15. The van der Waals surface area contributed by atoms with Crippen molar-refractivity contribution in [2.75, 3.05) is 19.0 Å². The summed E-state index contributed by atoms with van der Waals surface area (Å²) in [6.07, 6.45) is 0. The number of hydrogen-bond acceptors (Lipinski definition) is 3. The Bertz CT molecular complexity index is 716. The summed E-state index contributed by atoms with van der Waals surface area (Å²) in [6, 6.07) is 14.3. The Labute approximate surface area is 146 Å². The summed E-state index contributed by atoms with van der Waals surface area (Å²) < 4.78 is 5.20. The van der Waals surface area contributed by atoms with E-state index in [1.807, 2.05) is 18.2 Å². The molecule has 2 amide bonds. The predicted octanol–water partition coefficient (Wildman–Crippen LogP) is 3.34. The molecule has 6 heteroatoms. The Balaban J connectivity index is 2.03. The van der Waals surface area contributed by atoms with Gasteiger partial charge in [-0.05, 0) is 29.8 Å². The summed E-state index contributed by atoms with van der Waals surface area (Å²) in [5.41, 5.74) is 1.47. The quantitative estimate of drug-likeness (QED) is 0.872. The third kappa shape index (κ3) is 4.99. The molecule has 0 aliphatic heterocycles. The molecule has 0 fully saturated rings. The first-order valence-corrected chi connectivity index (χ1v) is 7.80. The zero-order chi connectivity index (χ0) is 17.5. The Hall–Kier alpha value is -2.53. The molecule has 2 rings (SSSR count). The van der Waals surface area contributed by atoms with E-state index in [0.717, 1.165) is 5.56 Å². The van der Waals surface area contributed by atoms with E-state index >= 15 is 0 Å². The fraction of sp³-hybridized carbons (Fsp3) is 0.222. The van der Waals surface area contributed by atoms with Gasteiger partial charge in [0.25, 0.3) is 0 Å². The number of amides is 2. The molecule has 5 nitrogen and oxygen atoms in total. The number of nitrogens with zero attached hydrogens (tertiary/aromatic N) is 1. The maximum absolute atomic E-state index is 12.3. The number of anilines is 1. The molecular weight excluding hydrogens is 328 g/mol. The molecule has 0 aliphatic rings. The van der Waals surface area contributed by atoms with Gasteiger partial charge >= 0.3 is 0 Å². The molecule has 0 saturated carbocycles. The highest BCUT2D eigenvalue weighted by molar-refractivity contribution is 6.30. The zero-order valence-electron chi connectivity index (χ0n) is 13.6. The lowest BCUT2D eigenvalue weighted by Crippen LogP contribution is -2.36. The molecular formula is C18H19ClN2O3. The molecule has 0 heterocycles. The number of benzene rings is 2. The van der Waals surface area contributed by atoms with Gasteiger partial charge in [0.05, 0.1) is 12.8 Å². The maximum atomic E-state index is 12.3. The van der Waals surface area contributed by atoms with Crippen LogP contribution in [0.4, 0.5) is 5.69 Å². The third-order valence-corrected chi connectivity index (χ3v) is 3.70. The smallest absolute Gasteiger partial charge is 0.244 e. The number of carbonyl (C=O) groups is 2. The van der Waals surface area contributed by atoms with E-state index in [9.17, 15) is 9.59 Å². The summed E-state index contributed by atoms with van der Waals surface area (Å²) in [6.45, 7) is 1.73. The predicted molar refractivity (Wildman–Crippen MR) is 94.2 cm³/mol. The number of rotatable bonds is 6. The van der Waals surface area contributed by atoms with E-state index in [1.165, 1.54) is 18.9 Å². The van der Waals surface area contributed by atoms with Crippen LogP contribution in [0.3, 0.4) is 0 Å². The molecule has 0 unspecified atom stereocenters. The van der Waals surface area contributed by atoms with Gasteiger partial charge in [0.2, 0.25) is 11.8 Å². The fourth-order valence-corrected chi connectivity index (χ4v) is 2.33. The minimum Gasteiger partial charge on any atom is -0.495 e. The minimum atomic E-state index is -0.288. The van der Waals surface area contributed by atoms with Crippen molar-refractivity contribution in [3.05, 3.63) is 59.1 Å². The van der Waals surface area contributed by atoms with Crippen molar-refractivity contribution >= 4 is 29.1 Å². The molecule has 0 bridgehead atoms. The summed E-state index contributed by atoms with van der Waals surface area (Å²) in [7, 11) is 1.54. The van der Waals surface area contributed by atoms with E-state index in [1.54, 1.807) is 30.3 Å². The van der Waals surface area contributed by atoms with Crippen LogP contribution in [-0.4, -0.2) is 30.4 Å². The molecule has 2 aromatic carbocycles. The summed E-state index contributed by atoms with van der Waals surface area (Å²) in [5.74, 6) is 0.0988. The van der Waals surface area contributed by atoms with Crippen molar-refractivity contribution in [3.8, 4) is 5.75 Å². The molecule has 0 atom stereocenters. The first kappa shape index (κ1) is 17.8. The van der Waals surface area contributed by atoms with Gasteiger partial charge in [0.1, 0.15) is 12.3 Å². The van der Waals surface area contributed by atoms with Crippen molar-refractivity contribution < 1.29 is 14.3 Å².